The monoisotopic (exact) mass is 353 g/mol. The second kappa shape index (κ2) is 7.15. The third-order valence-corrected chi connectivity index (χ3v) is 5.45. The molecule has 4 rings (SSSR count). The molecule has 0 radical (unpaired) electrons. The summed E-state index contributed by atoms with van der Waals surface area (Å²) in [6, 6.07) is 12.5. The Balaban J connectivity index is 1.45. The number of aliphatic hydroxyl groups excluding tert-OH is 2. The van der Waals surface area contributed by atoms with Crippen molar-refractivity contribution >= 4 is 5.91 Å². The smallest absolute Gasteiger partial charge is 0.270 e. The fourth-order valence-electron chi connectivity index (χ4n) is 4.12. The number of aromatic nitrogens is 1. The van der Waals surface area contributed by atoms with E-state index in [2.05, 4.69) is 27.3 Å². The number of carbonyl (C=O) groups is 1. The lowest BCUT2D eigenvalue weighted by molar-refractivity contribution is 0.00127. The highest BCUT2D eigenvalue weighted by atomic mass is 16.3. The van der Waals surface area contributed by atoms with Gasteiger partial charge in [0.05, 0.1) is 24.3 Å². The lowest BCUT2D eigenvalue weighted by Gasteiger charge is -2.37. The third kappa shape index (κ3) is 3.23. The van der Waals surface area contributed by atoms with Crippen molar-refractivity contribution in [1.82, 2.24) is 15.2 Å². The maximum atomic E-state index is 12.3. The number of nitrogens with zero attached hydrogens (tertiary/aromatic N) is 2. The molecule has 1 aliphatic carbocycles. The Morgan fingerprint density at radius 3 is 2.65 bits per heavy atom. The zero-order valence-corrected chi connectivity index (χ0v) is 14.5. The van der Waals surface area contributed by atoms with Crippen molar-refractivity contribution in [3.8, 4) is 0 Å². The van der Waals surface area contributed by atoms with E-state index in [1.165, 1.54) is 11.1 Å². The number of nitrogens with one attached hydrogen (secondary N) is 1. The summed E-state index contributed by atoms with van der Waals surface area (Å²) in [6.07, 6.45) is 1.30. The summed E-state index contributed by atoms with van der Waals surface area (Å²) in [4.78, 5) is 18.5. The standard InChI is InChI=1S/C20H23N3O3/c24-17-11-16(22-20(26)15-7-3-4-9-21-15)19(25)18(17)23-10-8-13-5-1-2-6-14(13)12-23/h1-7,9,16-19,24-25H,8,10-12H2,(H,22,26)/t16-,17+,18-,19-/m1/s1. The van der Waals surface area contributed by atoms with Crippen LogP contribution in [0.2, 0.25) is 0 Å². The molecule has 1 amide bonds. The number of fused-ring (bicyclic) bond motifs is 1. The average Bonchev–Trinajstić information content (AvgIpc) is 2.95. The predicted molar refractivity (Wildman–Crippen MR) is 96.5 cm³/mol. The number of aliphatic hydroxyl groups is 2. The molecule has 1 saturated carbocycles. The number of pyridine rings is 1. The highest BCUT2D eigenvalue weighted by Crippen LogP contribution is 2.30. The molecular formula is C20H23N3O3. The van der Waals surface area contributed by atoms with Crippen molar-refractivity contribution in [3.05, 3.63) is 65.5 Å². The van der Waals surface area contributed by atoms with E-state index in [0.717, 1.165) is 13.0 Å². The van der Waals surface area contributed by atoms with Crippen LogP contribution >= 0.6 is 0 Å². The maximum Gasteiger partial charge on any atom is 0.270 e. The van der Waals surface area contributed by atoms with Gasteiger partial charge in [-0.2, -0.15) is 0 Å². The zero-order chi connectivity index (χ0) is 18.1. The predicted octanol–water partition coefficient (Wildman–Crippen LogP) is 0.732. The molecule has 0 spiro atoms. The van der Waals surface area contributed by atoms with Crippen molar-refractivity contribution < 1.29 is 15.0 Å². The van der Waals surface area contributed by atoms with Crippen LogP contribution in [0, 0.1) is 0 Å². The van der Waals surface area contributed by atoms with E-state index in [1.807, 2.05) is 12.1 Å². The minimum atomic E-state index is -0.817. The third-order valence-electron chi connectivity index (χ3n) is 5.45. The summed E-state index contributed by atoms with van der Waals surface area (Å²) in [5.41, 5.74) is 2.87. The van der Waals surface area contributed by atoms with Crippen LogP contribution in [-0.2, 0) is 13.0 Å². The van der Waals surface area contributed by atoms with E-state index in [9.17, 15) is 15.0 Å². The van der Waals surface area contributed by atoms with Gasteiger partial charge < -0.3 is 15.5 Å². The van der Waals surface area contributed by atoms with Crippen LogP contribution in [0.4, 0.5) is 0 Å². The number of benzene rings is 1. The van der Waals surface area contributed by atoms with Crippen LogP contribution in [0.3, 0.4) is 0 Å². The summed E-state index contributed by atoms with van der Waals surface area (Å²) in [5.74, 6) is -0.327. The number of carbonyl (C=O) groups excluding carboxylic acids is 1. The molecule has 0 saturated heterocycles. The zero-order valence-electron chi connectivity index (χ0n) is 14.5. The molecule has 1 fully saturated rings. The summed E-state index contributed by atoms with van der Waals surface area (Å²) in [7, 11) is 0. The van der Waals surface area contributed by atoms with E-state index in [0.29, 0.717) is 18.7 Å². The molecule has 0 unspecified atom stereocenters. The van der Waals surface area contributed by atoms with Crippen LogP contribution < -0.4 is 5.32 Å². The largest absolute Gasteiger partial charge is 0.391 e. The topological polar surface area (TPSA) is 85.7 Å². The van der Waals surface area contributed by atoms with Gasteiger partial charge in [-0.1, -0.05) is 30.3 Å². The Hall–Kier alpha value is -2.28. The van der Waals surface area contributed by atoms with Crippen LogP contribution in [-0.4, -0.2) is 56.8 Å². The summed E-state index contributed by atoms with van der Waals surface area (Å²) >= 11 is 0. The average molecular weight is 353 g/mol. The highest BCUT2D eigenvalue weighted by molar-refractivity contribution is 5.92. The Bertz CT molecular complexity index is 783. The first-order chi connectivity index (χ1) is 12.6. The minimum Gasteiger partial charge on any atom is -0.391 e. The van der Waals surface area contributed by atoms with Crippen molar-refractivity contribution in [3.63, 3.8) is 0 Å². The molecule has 26 heavy (non-hydrogen) atoms. The van der Waals surface area contributed by atoms with Crippen LogP contribution in [0.5, 0.6) is 0 Å². The van der Waals surface area contributed by atoms with Crippen LogP contribution in [0.1, 0.15) is 28.0 Å². The Morgan fingerprint density at radius 1 is 1.12 bits per heavy atom. The maximum absolute atomic E-state index is 12.3. The van der Waals surface area contributed by atoms with E-state index in [-0.39, 0.29) is 11.9 Å². The summed E-state index contributed by atoms with van der Waals surface area (Å²) in [6.45, 7) is 1.49. The molecule has 2 heterocycles. The molecule has 2 aliphatic rings. The van der Waals surface area contributed by atoms with Crippen molar-refractivity contribution in [2.45, 2.75) is 43.7 Å². The van der Waals surface area contributed by atoms with Gasteiger partial charge in [-0.25, -0.2) is 0 Å². The van der Waals surface area contributed by atoms with Gasteiger partial charge in [0.2, 0.25) is 0 Å². The molecule has 136 valence electrons. The molecule has 4 atom stereocenters. The fourth-order valence-corrected chi connectivity index (χ4v) is 4.12. The van der Waals surface area contributed by atoms with Crippen LogP contribution in [0.15, 0.2) is 48.7 Å². The quantitative estimate of drug-likeness (QED) is 0.758. The normalized spacial score (nSPS) is 28.5. The van der Waals surface area contributed by atoms with Crippen molar-refractivity contribution in [2.24, 2.45) is 0 Å². The van der Waals surface area contributed by atoms with Gasteiger partial charge in [-0.05, 0) is 36.1 Å². The number of hydrogen-bond acceptors (Lipinski definition) is 5. The fraction of sp³-hybridized carbons (Fsp3) is 0.400. The second-order valence-corrected chi connectivity index (χ2v) is 7.07. The summed E-state index contributed by atoms with van der Waals surface area (Å²) < 4.78 is 0. The molecule has 6 heteroatoms. The molecule has 0 bridgehead atoms. The Kier molecular flexibility index (Phi) is 4.72. The summed E-state index contributed by atoms with van der Waals surface area (Å²) in [5, 5.41) is 24.1. The van der Waals surface area contributed by atoms with Gasteiger partial charge in [0.15, 0.2) is 0 Å². The lowest BCUT2D eigenvalue weighted by atomic mass is 9.97. The highest BCUT2D eigenvalue weighted by Gasteiger charge is 2.45. The van der Waals surface area contributed by atoms with E-state index in [1.54, 1.807) is 24.4 Å². The number of rotatable bonds is 3. The first-order valence-electron chi connectivity index (χ1n) is 9.02. The SMILES string of the molecule is O=C(N[C@@H]1C[C@H](O)[C@@H](N2CCc3ccccc3C2)[C@@H]1O)c1ccccn1. The molecule has 1 aromatic heterocycles. The van der Waals surface area contributed by atoms with E-state index in [4.69, 9.17) is 0 Å². The number of hydrogen-bond donors (Lipinski definition) is 3. The first-order valence-corrected chi connectivity index (χ1v) is 9.02. The van der Waals surface area contributed by atoms with Gasteiger partial charge >= 0.3 is 0 Å². The number of amides is 1. The van der Waals surface area contributed by atoms with E-state index >= 15 is 0 Å². The molecule has 6 nitrogen and oxygen atoms in total. The van der Waals surface area contributed by atoms with Gasteiger partial charge in [0.1, 0.15) is 5.69 Å². The van der Waals surface area contributed by atoms with Gasteiger partial charge in [-0.15, -0.1) is 0 Å². The Labute approximate surface area is 152 Å². The Morgan fingerprint density at radius 2 is 1.88 bits per heavy atom. The van der Waals surface area contributed by atoms with Gasteiger partial charge in [0.25, 0.3) is 5.91 Å². The lowest BCUT2D eigenvalue weighted by Crippen LogP contribution is -2.51. The molecule has 2 aromatic rings. The van der Waals surface area contributed by atoms with Crippen LogP contribution in [0.25, 0.3) is 0 Å². The molecule has 3 N–H and O–H groups in total. The van der Waals surface area contributed by atoms with Crippen molar-refractivity contribution in [1.29, 1.82) is 0 Å². The van der Waals surface area contributed by atoms with Gasteiger partial charge in [-0.3, -0.25) is 14.7 Å². The van der Waals surface area contributed by atoms with Gasteiger partial charge in [0, 0.05) is 19.3 Å². The molecular weight excluding hydrogens is 330 g/mol. The molecule has 1 aliphatic heterocycles. The molecule has 1 aromatic carbocycles. The second-order valence-electron chi connectivity index (χ2n) is 7.07. The minimum absolute atomic E-state index is 0.310. The first kappa shape index (κ1) is 17.1. The van der Waals surface area contributed by atoms with Crippen molar-refractivity contribution in [2.75, 3.05) is 6.54 Å². The van der Waals surface area contributed by atoms with E-state index < -0.39 is 18.2 Å².